The summed E-state index contributed by atoms with van der Waals surface area (Å²) in [6.07, 6.45) is 0. The summed E-state index contributed by atoms with van der Waals surface area (Å²) in [5.41, 5.74) is 5.90. The lowest BCUT2D eigenvalue weighted by atomic mass is 10.0. The summed E-state index contributed by atoms with van der Waals surface area (Å²) >= 11 is 0. The number of hydrogen-bond acceptors (Lipinski definition) is 3. The van der Waals surface area contributed by atoms with E-state index in [0.29, 0.717) is 5.92 Å². The van der Waals surface area contributed by atoms with Gasteiger partial charge in [0.2, 0.25) is 0 Å². The molecule has 0 spiro atoms. The highest BCUT2D eigenvalue weighted by molar-refractivity contribution is 5.15. The topological polar surface area (TPSA) is 51.2 Å². The first-order chi connectivity index (χ1) is 5.77. The van der Waals surface area contributed by atoms with E-state index in [-0.39, 0.29) is 6.04 Å². The molecule has 1 aliphatic heterocycles. The molecule has 0 aromatic carbocycles. The SMILES string of the molecule is Cc1ccc([C@H]2CNC[C@H]2N)o1. The maximum absolute atomic E-state index is 5.90. The molecule has 3 N–H and O–H groups in total. The minimum atomic E-state index is 0.204. The molecule has 0 radical (unpaired) electrons. The van der Waals surface area contributed by atoms with Crippen LogP contribution < -0.4 is 11.1 Å². The smallest absolute Gasteiger partial charge is 0.110 e. The molecule has 2 atom stereocenters. The van der Waals surface area contributed by atoms with Crippen LogP contribution >= 0.6 is 0 Å². The maximum atomic E-state index is 5.90. The van der Waals surface area contributed by atoms with Crippen molar-refractivity contribution in [2.24, 2.45) is 5.73 Å². The number of nitrogens with two attached hydrogens (primary N) is 1. The lowest BCUT2D eigenvalue weighted by Crippen LogP contribution is -2.27. The van der Waals surface area contributed by atoms with Crippen molar-refractivity contribution in [3.05, 3.63) is 23.7 Å². The van der Waals surface area contributed by atoms with Gasteiger partial charge in [-0.05, 0) is 19.1 Å². The van der Waals surface area contributed by atoms with Crippen LogP contribution in [-0.2, 0) is 0 Å². The van der Waals surface area contributed by atoms with Gasteiger partial charge in [-0.1, -0.05) is 0 Å². The molecule has 1 aliphatic rings. The first-order valence-corrected chi connectivity index (χ1v) is 4.30. The third kappa shape index (κ3) is 1.26. The Morgan fingerprint density at radius 1 is 1.50 bits per heavy atom. The van der Waals surface area contributed by atoms with E-state index in [2.05, 4.69) is 5.32 Å². The van der Waals surface area contributed by atoms with Crippen LogP contribution in [0.25, 0.3) is 0 Å². The van der Waals surface area contributed by atoms with Gasteiger partial charge in [-0.25, -0.2) is 0 Å². The van der Waals surface area contributed by atoms with Gasteiger partial charge in [0.15, 0.2) is 0 Å². The van der Waals surface area contributed by atoms with E-state index < -0.39 is 0 Å². The number of furan rings is 1. The highest BCUT2D eigenvalue weighted by atomic mass is 16.3. The highest BCUT2D eigenvalue weighted by Gasteiger charge is 2.27. The molecule has 1 saturated heterocycles. The second kappa shape index (κ2) is 2.92. The van der Waals surface area contributed by atoms with Crippen molar-refractivity contribution in [1.82, 2.24) is 5.32 Å². The molecule has 0 bridgehead atoms. The van der Waals surface area contributed by atoms with Crippen molar-refractivity contribution >= 4 is 0 Å². The molecule has 0 aliphatic carbocycles. The molecular formula is C9H14N2O. The lowest BCUT2D eigenvalue weighted by Gasteiger charge is -2.10. The van der Waals surface area contributed by atoms with Crippen LogP contribution in [0.15, 0.2) is 16.5 Å². The Bertz CT molecular complexity index is 269. The molecule has 1 aromatic heterocycles. The minimum absolute atomic E-state index is 0.204. The summed E-state index contributed by atoms with van der Waals surface area (Å²) in [5.74, 6) is 2.34. The van der Waals surface area contributed by atoms with Crippen LogP contribution in [0.4, 0.5) is 0 Å². The average molecular weight is 166 g/mol. The predicted octanol–water partition coefficient (Wildman–Crippen LogP) is 0.602. The monoisotopic (exact) mass is 166 g/mol. The van der Waals surface area contributed by atoms with Crippen molar-refractivity contribution in [2.75, 3.05) is 13.1 Å². The first-order valence-electron chi connectivity index (χ1n) is 4.30. The van der Waals surface area contributed by atoms with Crippen LogP contribution in [0.2, 0.25) is 0 Å². The minimum Gasteiger partial charge on any atom is -0.466 e. The molecule has 1 fully saturated rings. The van der Waals surface area contributed by atoms with E-state index in [0.717, 1.165) is 24.6 Å². The summed E-state index contributed by atoms with van der Waals surface area (Å²) in [5, 5.41) is 3.24. The summed E-state index contributed by atoms with van der Waals surface area (Å²) in [4.78, 5) is 0. The molecule has 3 heteroatoms. The van der Waals surface area contributed by atoms with E-state index in [4.69, 9.17) is 10.2 Å². The fourth-order valence-electron chi connectivity index (χ4n) is 1.66. The third-order valence-corrected chi connectivity index (χ3v) is 2.39. The Balaban J connectivity index is 2.19. The molecule has 1 aromatic rings. The van der Waals surface area contributed by atoms with Crippen molar-refractivity contribution in [1.29, 1.82) is 0 Å². The molecule has 2 rings (SSSR count). The van der Waals surface area contributed by atoms with Gasteiger partial charge >= 0.3 is 0 Å². The third-order valence-electron chi connectivity index (χ3n) is 2.39. The highest BCUT2D eigenvalue weighted by Crippen LogP contribution is 2.23. The van der Waals surface area contributed by atoms with Gasteiger partial charge in [0.25, 0.3) is 0 Å². The van der Waals surface area contributed by atoms with Gasteiger partial charge < -0.3 is 15.5 Å². The van der Waals surface area contributed by atoms with E-state index in [9.17, 15) is 0 Å². The van der Waals surface area contributed by atoms with Gasteiger partial charge in [-0.15, -0.1) is 0 Å². The van der Waals surface area contributed by atoms with E-state index in [1.54, 1.807) is 0 Å². The zero-order chi connectivity index (χ0) is 8.55. The normalized spacial score (nSPS) is 29.5. The van der Waals surface area contributed by atoms with Crippen LogP contribution in [0.3, 0.4) is 0 Å². The van der Waals surface area contributed by atoms with Crippen molar-refractivity contribution in [3.63, 3.8) is 0 Å². The average Bonchev–Trinajstić information content (AvgIpc) is 2.58. The summed E-state index contributed by atoms with van der Waals surface area (Å²) in [6, 6.07) is 4.21. The Kier molecular flexibility index (Phi) is 1.90. The Morgan fingerprint density at radius 3 is 2.83 bits per heavy atom. The number of aryl methyl sites for hydroxylation is 1. The lowest BCUT2D eigenvalue weighted by molar-refractivity contribution is 0.438. The summed E-state index contributed by atoms with van der Waals surface area (Å²) < 4.78 is 5.52. The molecule has 0 unspecified atom stereocenters. The number of nitrogens with one attached hydrogen (secondary N) is 1. The molecular weight excluding hydrogens is 152 g/mol. The second-order valence-corrected chi connectivity index (χ2v) is 3.38. The molecule has 0 saturated carbocycles. The van der Waals surface area contributed by atoms with Gasteiger partial charge in [0.05, 0.1) is 0 Å². The number of rotatable bonds is 1. The van der Waals surface area contributed by atoms with Crippen molar-refractivity contribution in [2.45, 2.75) is 18.9 Å². The summed E-state index contributed by atoms with van der Waals surface area (Å²) in [6.45, 7) is 3.79. The van der Waals surface area contributed by atoms with Gasteiger partial charge in [0, 0.05) is 25.0 Å². The fraction of sp³-hybridized carbons (Fsp3) is 0.556. The van der Waals surface area contributed by atoms with Crippen molar-refractivity contribution < 1.29 is 4.42 Å². The van der Waals surface area contributed by atoms with E-state index in [1.807, 2.05) is 19.1 Å². The van der Waals surface area contributed by atoms with Crippen molar-refractivity contribution in [3.8, 4) is 0 Å². The predicted molar refractivity (Wildman–Crippen MR) is 47.0 cm³/mol. The molecule has 0 amide bonds. The largest absolute Gasteiger partial charge is 0.466 e. The van der Waals surface area contributed by atoms with Crippen LogP contribution in [0, 0.1) is 6.92 Å². The second-order valence-electron chi connectivity index (χ2n) is 3.38. The Labute approximate surface area is 71.9 Å². The fourth-order valence-corrected chi connectivity index (χ4v) is 1.66. The first kappa shape index (κ1) is 7.83. The summed E-state index contributed by atoms with van der Waals surface area (Å²) in [7, 11) is 0. The van der Waals surface area contributed by atoms with E-state index >= 15 is 0 Å². The maximum Gasteiger partial charge on any atom is 0.110 e. The van der Waals surface area contributed by atoms with E-state index in [1.165, 1.54) is 0 Å². The number of hydrogen-bond donors (Lipinski definition) is 2. The van der Waals surface area contributed by atoms with Crippen LogP contribution in [-0.4, -0.2) is 19.1 Å². The molecule has 66 valence electrons. The Hall–Kier alpha value is -0.800. The van der Waals surface area contributed by atoms with Gasteiger partial charge in [-0.3, -0.25) is 0 Å². The molecule has 12 heavy (non-hydrogen) atoms. The quantitative estimate of drug-likeness (QED) is 0.642. The molecule has 2 heterocycles. The van der Waals surface area contributed by atoms with Crippen LogP contribution in [0.5, 0.6) is 0 Å². The zero-order valence-corrected chi connectivity index (χ0v) is 7.21. The van der Waals surface area contributed by atoms with Crippen LogP contribution in [0.1, 0.15) is 17.4 Å². The van der Waals surface area contributed by atoms with Gasteiger partial charge in [-0.2, -0.15) is 0 Å². The zero-order valence-electron chi connectivity index (χ0n) is 7.21. The standard InChI is InChI=1S/C9H14N2O/c1-6-2-3-9(12-6)7-4-11-5-8(7)10/h2-3,7-8,11H,4-5,10H2,1H3/t7-,8+/m0/s1. The van der Waals surface area contributed by atoms with Gasteiger partial charge in [0.1, 0.15) is 11.5 Å². The Morgan fingerprint density at radius 2 is 2.33 bits per heavy atom. The molecule has 3 nitrogen and oxygen atoms in total.